The monoisotopic (exact) mass is 387 g/mol. The second kappa shape index (κ2) is 8.91. The maximum absolute atomic E-state index is 12.2. The minimum absolute atomic E-state index is 0.0381. The molecule has 0 unspecified atom stereocenters. The van der Waals surface area contributed by atoms with Crippen LogP contribution in [0.5, 0.6) is 5.75 Å². The van der Waals surface area contributed by atoms with Gasteiger partial charge in [-0.2, -0.15) is 0 Å². The molecule has 0 bridgehead atoms. The Hall–Kier alpha value is -2.53. The van der Waals surface area contributed by atoms with E-state index < -0.39 is 12.1 Å². The summed E-state index contributed by atoms with van der Waals surface area (Å²) in [6.45, 7) is 1.25. The van der Waals surface area contributed by atoms with Gasteiger partial charge in [-0.25, -0.2) is 4.79 Å². The third kappa shape index (κ3) is 5.23. The molecule has 0 fully saturated rings. The van der Waals surface area contributed by atoms with Crippen LogP contribution in [0, 0.1) is 0 Å². The Bertz CT molecular complexity index is 806. The third-order valence-electron chi connectivity index (χ3n) is 4.51. The standard InChI is InChI=1S/C21H22ClNO4/c1-14(27-17-11-9-16(22)10-12-17)21(25)26-13-20(24)23-19-8-4-6-15-5-2-3-7-18(15)19/h2-3,5,7,9-12,14,19H,4,6,8,13H2,1H3,(H,23,24)/t14-,19+/m0/s1. The molecule has 2 aromatic carbocycles. The van der Waals surface area contributed by atoms with Crippen LogP contribution in [-0.2, 0) is 20.7 Å². The summed E-state index contributed by atoms with van der Waals surface area (Å²) in [7, 11) is 0. The predicted molar refractivity (Wildman–Crippen MR) is 103 cm³/mol. The molecule has 0 saturated heterocycles. The number of fused-ring (bicyclic) bond motifs is 1. The van der Waals surface area contributed by atoms with Crippen molar-refractivity contribution in [2.45, 2.75) is 38.3 Å². The van der Waals surface area contributed by atoms with Crippen LogP contribution in [0.15, 0.2) is 48.5 Å². The number of nitrogens with one attached hydrogen (secondary N) is 1. The quantitative estimate of drug-likeness (QED) is 0.765. The highest BCUT2D eigenvalue weighted by atomic mass is 35.5. The molecule has 0 aliphatic heterocycles. The number of ether oxygens (including phenoxy) is 2. The maximum Gasteiger partial charge on any atom is 0.347 e. The number of carbonyl (C=O) groups is 2. The lowest BCUT2D eigenvalue weighted by Gasteiger charge is -2.26. The van der Waals surface area contributed by atoms with E-state index in [0.717, 1.165) is 24.8 Å². The second-order valence-corrected chi connectivity index (χ2v) is 6.97. The van der Waals surface area contributed by atoms with Crippen molar-refractivity contribution in [2.24, 2.45) is 0 Å². The number of hydrogen-bond acceptors (Lipinski definition) is 4. The topological polar surface area (TPSA) is 64.6 Å². The fourth-order valence-electron chi connectivity index (χ4n) is 3.16. The first-order chi connectivity index (χ1) is 13.0. The Morgan fingerprint density at radius 1 is 1.19 bits per heavy atom. The van der Waals surface area contributed by atoms with Gasteiger partial charge in [0, 0.05) is 5.02 Å². The largest absolute Gasteiger partial charge is 0.479 e. The summed E-state index contributed by atoms with van der Waals surface area (Å²) in [6.07, 6.45) is 2.10. The first-order valence-corrected chi connectivity index (χ1v) is 9.37. The first kappa shape index (κ1) is 19.2. The molecule has 3 rings (SSSR count). The summed E-state index contributed by atoms with van der Waals surface area (Å²) in [5, 5.41) is 3.54. The van der Waals surface area contributed by atoms with Gasteiger partial charge >= 0.3 is 5.97 Å². The van der Waals surface area contributed by atoms with E-state index >= 15 is 0 Å². The van der Waals surface area contributed by atoms with Crippen LogP contribution in [0.25, 0.3) is 0 Å². The van der Waals surface area contributed by atoms with Gasteiger partial charge in [-0.1, -0.05) is 35.9 Å². The molecular weight excluding hydrogens is 366 g/mol. The average molecular weight is 388 g/mol. The van der Waals surface area contributed by atoms with E-state index in [1.165, 1.54) is 5.56 Å². The molecular formula is C21H22ClNO4. The van der Waals surface area contributed by atoms with Gasteiger partial charge in [0.1, 0.15) is 5.75 Å². The number of hydrogen-bond donors (Lipinski definition) is 1. The fraction of sp³-hybridized carbons (Fsp3) is 0.333. The molecule has 6 heteroatoms. The molecule has 0 heterocycles. The zero-order valence-corrected chi connectivity index (χ0v) is 15.9. The third-order valence-corrected chi connectivity index (χ3v) is 4.76. The predicted octanol–water partition coefficient (Wildman–Crippen LogP) is 3.84. The molecule has 1 aliphatic carbocycles. The van der Waals surface area contributed by atoms with Gasteiger partial charge in [-0.15, -0.1) is 0 Å². The first-order valence-electron chi connectivity index (χ1n) is 8.99. The molecule has 0 radical (unpaired) electrons. The normalized spacial score (nSPS) is 16.7. The fourth-order valence-corrected chi connectivity index (χ4v) is 3.29. The van der Waals surface area contributed by atoms with E-state index in [2.05, 4.69) is 11.4 Å². The van der Waals surface area contributed by atoms with Crippen molar-refractivity contribution in [2.75, 3.05) is 6.61 Å². The molecule has 5 nitrogen and oxygen atoms in total. The van der Waals surface area contributed by atoms with Crippen molar-refractivity contribution in [3.8, 4) is 5.75 Å². The van der Waals surface area contributed by atoms with Gasteiger partial charge in [-0.3, -0.25) is 4.79 Å². The van der Waals surface area contributed by atoms with Crippen molar-refractivity contribution in [3.63, 3.8) is 0 Å². The molecule has 2 atom stereocenters. The Kier molecular flexibility index (Phi) is 6.35. The lowest BCUT2D eigenvalue weighted by atomic mass is 9.88. The molecule has 2 aromatic rings. The highest BCUT2D eigenvalue weighted by Gasteiger charge is 2.23. The van der Waals surface area contributed by atoms with Crippen LogP contribution >= 0.6 is 11.6 Å². The van der Waals surface area contributed by atoms with E-state index in [0.29, 0.717) is 10.8 Å². The zero-order valence-electron chi connectivity index (χ0n) is 15.1. The Morgan fingerprint density at radius 2 is 1.93 bits per heavy atom. The van der Waals surface area contributed by atoms with Crippen molar-refractivity contribution in [1.82, 2.24) is 5.32 Å². The van der Waals surface area contributed by atoms with Crippen LogP contribution in [0.4, 0.5) is 0 Å². The van der Waals surface area contributed by atoms with Gasteiger partial charge in [-0.05, 0) is 61.6 Å². The van der Waals surface area contributed by atoms with Crippen molar-refractivity contribution in [1.29, 1.82) is 0 Å². The van der Waals surface area contributed by atoms with E-state index in [1.807, 2.05) is 18.2 Å². The van der Waals surface area contributed by atoms with Gasteiger partial charge in [0.2, 0.25) is 0 Å². The number of carbonyl (C=O) groups excluding carboxylic acids is 2. The number of rotatable bonds is 6. The van der Waals surface area contributed by atoms with Gasteiger partial charge in [0.25, 0.3) is 5.91 Å². The number of amides is 1. The smallest absolute Gasteiger partial charge is 0.347 e. The molecule has 1 amide bonds. The van der Waals surface area contributed by atoms with Gasteiger partial charge in [0.15, 0.2) is 12.7 Å². The van der Waals surface area contributed by atoms with Crippen molar-refractivity contribution < 1.29 is 19.1 Å². The highest BCUT2D eigenvalue weighted by molar-refractivity contribution is 6.30. The minimum Gasteiger partial charge on any atom is -0.479 e. The highest BCUT2D eigenvalue weighted by Crippen LogP contribution is 2.29. The molecule has 1 N–H and O–H groups in total. The second-order valence-electron chi connectivity index (χ2n) is 6.53. The number of aryl methyl sites for hydroxylation is 1. The number of esters is 1. The molecule has 0 aromatic heterocycles. The van der Waals surface area contributed by atoms with E-state index in [-0.39, 0.29) is 18.6 Å². The van der Waals surface area contributed by atoms with Crippen LogP contribution in [0.3, 0.4) is 0 Å². The summed E-state index contributed by atoms with van der Waals surface area (Å²) < 4.78 is 10.6. The SMILES string of the molecule is C[C@H](Oc1ccc(Cl)cc1)C(=O)OCC(=O)N[C@@H]1CCCc2ccccc21. The van der Waals surface area contributed by atoms with Crippen molar-refractivity contribution in [3.05, 3.63) is 64.7 Å². The van der Waals surface area contributed by atoms with Crippen LogP contribution in [0.1, 0.15) is 36.9 Å². The Morgan fingerprint density at radius 3 is 2.70 bits per heavy atom. The number of halogens is 1. The molecule has 1 aliphatic rings. The average Bonchev–Trinajstić information content (AvgIpc) is 2.68. The van der Waals surface area contributed by atoms with Gasteiger partial charge < -0.3 is 14.8 Å². The summed E-state index contributed by atoms with van der Waals surface area (Å²) in [4.78, 5) is 24.3. The molecule has 142 valence electrons. The molecule has 0 saturated carbocycles. The summed E-state index contributed by atoms with van der Waals surface area (Å²) in [6, 6.07) is 14.7. The van der Waals surface area contributed by atoms with Crippen LogP contribution in [-0.4, -0.2) is 24.6 Å². The minimum atomic E-state index is -0.825. The lowest BCUT2D eigenvalue weighted by molar-refractivity contribution is -0.154. The van der Waals surface area contributed by atoms with E-state index in [9.17, 15) is 9.59 Å². The van der Waals surface area contributed by atoms with Crippen molar-refractivity contribution >= 4 is 23.5 Å². The summed E-state index contributed by atoms with van der Waals surface area (Å²) >= 11 is 5.82. The van der Waals surface area contributed by atoms with Crippen LogP contribution < -0.4 is 10.1 Å². The van der Waals surface area contributed by atoms with E-state index in [4.69, 9.17) is 21.1 Å². The summed E-state index contributed by atoms with van der Waals surface area (Å²) in [5.41, 5.74) is 2.40. The van der Waals surface area contributed by atoms with E-state index in [1.54, 1.807) is 31.2 Å². The zero-order chi connectivity index (χ0) is 19.2. The Balaban J connectivity index is 1.47. The maximum atomic E-state index is 12.2. The lowest BCUT2D eigenvalue weighted by Crippen LogP contribution is -2.36. The van der Waals surface area contributed by atoms with Gasteiger partial charge in [0.05, 0.1) is 6.04 Å². The number of benzene rings is 2. The van der Waals surface area contributed by atoms with Crippen LogP contribution in [0.2, 0.25) is 5.02 Å². The Labute approximate surface area is 163 Å². The molecule has 27 heavy (non-hydrogen) atoms. The summed E-state index contributed by atoms with van der Waals surface area (Å²) in [5.74, 6) is -0.403. The molecule has 0 spiro atoms.